The summed E-state index contributed by atoms with van der Waals surface area (Å²) in [5, 5.41) is 6.53. The second kappa shape index (κ2) is 7.19. The summed E-state index contributed by atoms with van der Waals surface area (Å²) >= 11 is 0. The molecule has 7 heteroatoms. The number of aryl methyl sites for hydroxylation is 1. The maximum atomic E-state index is 12.5. The Bertz CT molecular complexity index is 1110. The highest BCUT2D eigenvalue weighted by molar-refractivity contribution is 5.88. The lowest BCUT2D eigenvalue weighted by atomic mass is 10.1. The number of amides is 2. The van der Waals surface area contributed by atoms with Crippen molar-refractivity contribution in [2.75, 3.05) is 12.4 Å². The largest absolute Gasteiger partial charge is 0.360 e. The Labute approximate surface area is 162 Å². The van der Waals surface area contributed by atoms with Crippen LogP contribution in [0.5, 0.6) is 0 Å². The minimum absolute atomic E-state index is 0.110. The van der Waals surface area contributed by atoms with Gasteiger partial charge in [-0.25, -0.2) is 9.78 Å². The van der Waals surface area contributed by atoms with E-state index in [-0.39, 0.29) is 12.1 Å². The van der Waals surface area contributed by atoms with Gasteiger partial charge in [0, 0.05) is 18.8 Å². The van der Waals surface area contributed by atoms with E-state index in [0.717, 1.165) is 22.3 Å². The molecule has 0 unspecified atom stereocenters. The number of rotatable bonds is 4. The van der Waals surface area contributed by atoms with Crippen LogP contribution in [0.1, 0.15) is 24.3 Å². The maximum absolute atomic E-state index is 12.5. The molecule has 28 heavy (non-hydrogen) atoms. The van der Waals surface area contributed by atoms with Crippen molar-refractivity contribution in [3.8, 4) is 5.69 Å². The standard InChI is InChI=1S/C21H21N5O2/c1-14-12-20(24-28-14)23-21(27)25(3)15(2)16-8-10-17(11-9-16)26-13-22-18-6-4-5-7-19(18)26/h4-13,15H,1-3H3,(H,23,24,27)/t15-/m1/s1. The predicted molar refractivity (Wildman–Crippen MR) is 108 cm³/mol. The third kappa shape index (κ3) is 3.34. The lowest BCUT2D eigenvalue weighted by molar-refractivity contribution is 0.208. The fourth-order valence-corrected chi connectivity index (χ4v) is 3.10. The topological polar surface area (TPSA) is 76.2 Å². The third-order valence-electron chi connectivity index (χ3n) is 4.87. The third-order valence-corrected chi connectivity index (χ3v) is 4.87. The van der Waals surface area contributed by atoms with Gasteiger partial charge >= 0.3 is 6.03 Å². The van der Waals surface area contributed by atoms with Crippen molar-refractivity contribution in [2.45, 2.75) is 19.9 Å². The van der Waals surface area contributed by atoms with Gasteiger partial charge in [0.1, 0.15) is 12.1 Å². The number of nitrogens with one attached hydrogen (secondary N) is 1. The zero-order valence-electron chi connectivity index (χ0n) is 16.0. The summed E-state index contributed by atoms with van der Waals surface area (Å²) in [6.45, 7) is 3.76. The van der Waals surface area contributed by atoms with E-state index in [2.05, 4.69) is 15.5 Å². The number of imidazole rings is 1. The van der Waals surface area contributed by atoms with Gasteiger partial charge in [0.2, 0.25) is 0 Å². The van der Waals surface area contributed by atoms with E-state index < -0.39 is 0 Å². The zero-order valence-corrected chi connectivity index (χ0v) is 16.0. The quantitative estimate of drug-likeness (QED) is 0.568. The number of fused-ring (bicyclic) bond motifs is 1. The number of hydrogen-bond acceptors (Lipinski definition) is 4. The zero-order chi connectivity index (χ0) is 19.7. The van der Waals surface area contributed by atoms with Crippen LogP contribution in [0.4, 0.5) is 10.6 Å². The summed E-state index contributed by atoms with van der Waals surface area (Å²) in [5.74, 6) is 1.05. The molecule has 0 radical (unpaired) electrons. The van der Waals surface area contributed by atoms with Gasteiger partial charge < -0.3 is 9.42 Å². The van der Waals surface area contributed by atoms with Crippen molar-refractivity contribution in [1.29, 1.82) is 0 Å². The Morgan fingerprint density at radius 2 is 1.93 bits per heavy atom. The lowest BCUT2D eigenvalue weighted by Crippen LogP contribution is -2.33. The van der Waals surface area contributed by atoms with E-state index >= 15 is 0 Å². The monoisotopic (exact) mass is 375 g/mol. The van der Waals surface area contributed by atoms with Gasteiger partial charge in [0.05, 0.1) is 17.1 Å². The summed E-state index contributed by atoms with van der Waals surface area (Å²) in [5.41, 5.74) is 4.07. The van der Waals surface area contributed by atoms with E-state index in [0.29, 0.717) is 11.6 Å². The molecule has 0 saturated heterocycles. The number of carbonyl (C=O) groups is 1. The van der Waals surface area contributed by atoms with E-state index in [1.807, 2.05) is 66.3 Å². The Hall–Kier alpha value is -3.61. The van der Waals surface area contributed by atoms with Gasteiger partial charge in [-0.3, -0.25) is 9.88 Å². The minimum atomic E-state index is -0.245. The van der Waals surface area contributed by atoms with Crippen LogP contribution in [-0.2, 0) is 0 Å². The molecule has 0 fully saturated rings. The van der Waals surface area contributed by atoms with Crippen LogP contribution in [0.15, 0.2) is 65.4 Å². The van der Waals surface area contributed by atoms with Crippen LogP contribution < -0.4 is 5.32 Å². The van der Waals surface area contributed by atoms with Crippen LogP contribution in [0.2, 0.25) is 0 Å². The Morgan fingerprint density at radius 1 is 1.18 bits per heavy atom. The summed E-state index contributed by atoms with van der Waals surface area (Å²) < 4.78 is 7.03. The Morgan fingerprint density at radius 3 is 2.64 bits per heavy atom. The SMILES string of the molecule is Cc1cc(NC(=O)N(C)[C@H](C)c2ccc(-n3cnc4ccccc43)cc2)no1. The fraction of sp³-hybridized carbons (Fsp3) is 0.190. The average molecular weight is 375 g/mol. The van der Waals surface area contributed by atoms with Gasteiger partial charge in [-0.1, -0.05) is 29.4 Å². The average Bonchev–Trinajstić information content (AvgIpc) is 3.33. The van der Waals surface area contributed by atoms with Crippen molar-refractivity contribution >= 4 is 22.9 Å². The number of hydrogen-bond donors (Lipinski definition) is 1. The van der Waals surface area contributed by atoms with E-state index in [9.17, 15) is 4.79 Å². The predicted octanol–water partition coefficient (Wildman–Crippen LogP) is 4.55. The molecule has 142 valence electrons. The fourth-order valence-electron chi connectivity index (χ4n) is 3.10. The van der Waals surface area contributed by atoms with Gasteiger partial charge in [-0.15, -0.1) is 0 Å². The molecule has 0 spiro atoms. The molecule has 2 aromatic heterocycles. The molecule has 7 nitrogen and oxygen atoms in total. The molecule has 0 bridgehead atoms. The first-order valence-electron chi connectivity index (χ1n) is 9.02. The van der Waals surface area contributed by atoms with Gasteiger partial charge in [-0.2, -0.15) is 0 Å². The molecule has 2 amide bonds. The molecular weight excluding hydrogens is 354 g/mol. The highest BCUT2D eigenvalue weighted by atomic mass is 16.5. The first-order chi connectivity index (χ1) is 13.5. The highest BCUT2D eigenvalue weighted by Crippen LogP contribution is 2.23. The molecule has 1 atom stereocenters. The molecule has 0 aliphatic heterocycles. The summed E-state index contributed by atoms with van der Waals surface area (Å²) in [6.07, 6.45) is 1.82. The van der Waals surface area contributed by atoms with Crippen LogP contribution in [0.3, 0.4) is 0 Å². The molecule has 2 heterocycles. The van der Waals surface area contributed by atoms with Crippen LogP contribution in [0, 0.1) is 6.92 Å². The summed E-state index contributed by atoms with van der Waals surface area (Å²) in [4.78, 5) is 18.5. The first-order valence-corrected chi connectivity index (χ1v) is 9.02. The molecule has 0 aliphatic carbocycles. The van der Waals surface area contributed by atoms with Crippen molar-refractivity contribution < 1.29 is 9.32 Å². The number of carbonyl (C=O) groups excluding carboxylic acids is 1. The lowest BCUT2D eigenvalue weighted by Gasteiger charge is -2.25. The Kier molecular flexibility index (Phi) is 4.57. The van der Waals surface area contributed by atoms with Crippen LogP contribution in [0.25, 0.3) is 16.7 Å². The van der Waals surface area contributed by atoms with Crippen LogP contribution >= 0.6 is 0 Å². The van der Waals surface area contributed by atoms with Gasteiger partial charge in [0.15, 0.2) is 5.82 Å². The molecule has 2 aromatic carbocycles. The number of anilines is 1. The molecule has 0 saturated carbocycles. The second-order valence-corrected chi connectivity index (χ2v) is 6.73. The molecule has 4 aromatic rings. The maximum Gasteiger partial charge on any atom is 0.323 e. The number of benzene rings is 2. The van der Waals surface area contributed by atoms with Gasteiger partial charge in [0.25, 0.3) is 0 Å². The van der Waals surface area contributed by atoms with E-state index in [4.69, 9.17) is 4.52 Å². The number of aromatic nitrogens is 3. The molecular formula is C21H21N5O2. The van der Waals surface area contributed by atoms with Crippen molar-refractivity contribution in [3.05, 3.63) is 72.2 Å². The number of para-hydroxylation sites is 2. The highest BCUT2D eigenvalue weighted by Gasteiger charge is 2.18. The van der Waals surface area contributed by atoms with Crippen LogP contribution in [-0.4, -0.2) is 32.7 Å². The number of urea groups is 1. The first kappa shape index (κ1) is 17.8. The molecule has 1 N–H and O–H groups in total. The van der Waals surface area contributed by atoms with Gasteiger partial charge in [-0.05, 0) is 43.7 Å². The van der Waals surface area contributed by atoms with Crippen molar-refractivity contribution in [2.24, 2.45) is 0 Å². The van der Waals surface area contributed by atoms with Crippen molar-refractivity contribution in [3.63, 3.8) is 0 Å². The second-order valence-electron chi connectivity index (χ2n) is 6.73. The minimum Gasteiger partial charge on any atom is -0.360 e. The molecule has 4 rings (SSSR count). The smallest absolute Gasteiger partial charge is 0.323 e. The van der Waals surface area contributed by atoms with E-state index in [1.165, 1.54) is 0 Å². The van der Waals surface area contributed by atoms with Crippen molar-refractivity contribution in [1.82, 2.24) is 19.6 Å². The molecule has 0 aliphatic rings. The summed E-state index contributed by atoms with van der Waals surface area (Å²) in [7, 11) is 1.75. The summed E-state index contributed by atoms with van der Waals surface area (Å²) in [6, 6.07) is 17.5. The van der Waals surface area contributed by atoms with E-state index in [1.54, 1.807) is 24.9 Å². The normalized spacial score (nSPS) is 12.1. The Balaban J connectivity index is 1.50. The number of nitrogens with zero attached hydrogens (tertiary/aromatic N) is 4.